The minimum Gasteiger partial charge on any atom is -0.390 e. The Kier molecular flexibility index (Phi) is 6.77. The van der Waals surface area contributed by atoms with Crippen LogP contribution in [0.1, 0.15) is 27.2 Å². The molecule has 1 aliphatic carbocycles. The fourth-order valence-corrected chi connectivity index (χ4v) is 3.12. The van der Waals surface area contributed by atoms with E-state index in [1.807, 2.05) is 13.8 Å². The summed E-state index contributed by atoms with van der Waals surface area (Å²) >= 11 is 0. The smallest absolute Gasteiger partial charge is 0.390 e. The van der Waals surface area contributed by atoms with E-state index in [0.717, 1.165) is 6.42 Å². The van der Waals surface area contributed by atoms with Crippen LogP contribution in [0.3, 0.4) is 0 Å². The Labute approximate surface area is 123 Å². The molecule has 0 saturated heterocycles. The molecule has 126 valence electrons. The van der Waals surface area contributed by atoms with E-state index in [1.165, 1.54) is 6.92 Å². The first kappa shape index (κ1) is 19.0. The van der Waals surface area contributed by atoms with Crippen molar-refractivity contribution < 1.29 is 38.9 Å². The van der Waals surface area contributed by atoms with Gasteiger partial charge in [0.15, 0.2) is 0 Å². The molecule has 8 atom stereocenters. The Balaban J connectivity index is 2.72. The molecule has 0 aliphatic heterocycles. The lowest BCUT2D eigenvalue weighted by molar-refractivity contribution is -0.196. The van der Waals surface area contributed by atoms with Crippen molar-refractivity contribution in [1.82, 2.24) is 0 Å². The zero-order valence-electron chi connectivity index (χ0n) is 12.4. The summed E-state index contributed by atoms with van der Waals surface area (Å²) in [5, 5.41) is 39.2. The molecule has 0 aromatic rings. The van der Waals surface area contributed by atoms with Crippen molar-refractivity contribution in [2.45, 2.75) is 57.7 Å². The molecule has 0 heterocycles. The number of hydrogen-bond donors (Lipinski definition) is 5. The lowest BCUT2D eigenvalue weighted by Gasteiger charge is -2.42. The van der Waals surface area contributed by atoms with Gasteiger partial charge in [0.2, 0.25) is 0 Å². The van der Waals surface area contributed by atoms with Gasteiger partial charge in [0.25, 0.3) is 0 Å². The van der Waals surface area contributed by atoms with Crippen LogP contribution in [0.5, 0.6) is 0 Å². The van der Waals surface area contributed by atoms with Crippen LogP contribution >= 0.6 is 7.82 Å². The van der Waals surface area contributed by atoms with Gasteiger partial charge in [-0.2, -0.15) is 0 Å². The lowest BCUT2D eigenvalue weighted by Crippen LogP contribution is -2.60. The quantitative estimate of drug-likeness (QED) is 0.417. The molecule has 4 unspecified atom stereocenters. The molecular weight excluding hydrogens is 303 g/mol. The molecule has 9 heteroatoms. The lowest BCUT2D eigenvalue weighted by atomic mass is 9.80. The van der Waals surface area contributed by atoms with Gasteiger partial charge in [0, 0.05) is 5.92 Å². The highest BCUT2D eigenvalue weighted by Crippen LogP contribution is 2.47. The van der Waals surface area contributed by atoms with Gasteiger partial charge in [-0.3, -0.25) is 9.05 Å². The van der Waals surface area contributed by atoms with Crippen LogP contribution in [0.4, 0.5) is 0 Å². The Morgan fingerprint density at radius 2 is 1.57 bits per heavy atom. The molecule has 1 fully saturated rings. The van der Waals surface area contributed by atoms with Crippen molar-refractivity contribution in [3.05, 3.63) is 0 Å². The Bertz CT molecular complexity index is 362. The third kappa shape index (κ3) is 4.71. The first-order chi connectivity index (χ1) is 9.60. The molecule has 1 aliphatic rings. The van der Waals surface area contributed by atoms with Gasteiger partial charge in [0.1, 0.15) is 18.3 Å². The average molecular weight is 328 g/mol. The van der Waals surface area contributed by atoms with Gasteiger partial charge in [-0.05, 0) is 5.92 Å². The predicted molar refractivity (Wildman–Crippen MR) is 73.3 cm³/mol. The first-order valence-corrected chi connectivity index (χ1v) is 8.48. The summed E-state index contributed by atoms with van der Waals surface area (Å²) in [5.41, 5.74) is 0. The highest BCUT2D eigenvalue weighted by molar-refractivity contribution is 7.47. The first-order valence-electron chi connectivity index (χ1n) is 6.98. The number of phosphoric acid groups is 1. The zero-order valence-corrected chi connectivity index (χ0v) is 13.3. The summed E-state index contributed by atoms with van der Waals surface area (Å²) in [7, 11) is -4.52. The van der Waals surface area contributed by atoms with Crippen molar-refractivity contribution in [3.63, 3.8) is 0 Å². The molecule has 0 bridgehead atoms. The SMILES string of the molecule is CCC(C)COP(=O)(O)OC1[C@H](O)[C@H](O)C(C)[C@H](O)[C@H]1O. The number of hydrogen-bond acceptors (Lipinski definition) is 7. The minimum absolute atomic E-state index is 0.0231. The second-order valence-electron chi connectivity index (χ2n) is 5.67. The molecule has 8 nitrogen and oxygen atoms in total. The van der Waals surface area contributed by atoms with E-state index in [1.54, 1.807) is 0 Å². The maximum atomic E-state index is 11.8. The van der Waals surface area contributed by atoms with E-state index in [-0.39, 0.29) is 12.5 Å². The summed E-state index contributed by atoms with van der Waals surface area (Å²) in [6.45, 7) is 5.13. The molecule has 1 rings (SSSR count). The van der Waals surface area contributed by atoms with E-state index in [0.29, 0.717) is 0 Å². The predicted octanol–water partition coefficient (Wildman–Crippen LogP) is -0.372. The van der Waals surface area contributed by atoms with E-state index in [2.05, 4.69) is 0 Å². The molecule has 0 aromatic heterocycles. The zero-order chi connectivity index (χ0) is 16.4. The van der Waals surface area contributed by atoms with Crippen LogP contribution in [0.25, 0.3) is 0 Å². The molecular formula is C12H25O8P. The highest BCUT2D eigenvalue weighted by atomic mass is 31.2. The number of phosphoric ester groups is 1. The standard InChI is InChI=1S/C12H25O8P/c1-4-6(2)5-19-21(17,18)20-12-10(15)8(13)7(3)9(14)11(12)16/h6-16H,4-5H2,1-3H3,(H,17,18)/t6?,7?,8-,9+,10-,11-,12?/m1/s1. The van der Waals surface area contributed by atoms with Gasteiger partial charge in [-0.25, -0.2) is 4.57 Å². The summed E-state index contributed by atoms with van der Waals surface area (Å²) in [4.78, 5) is 9.61. The number of rotatable bonds is 6. The van der Waals surface area contributed by atoms with Gasteiger partial charge < -0.3 is 25.3 Å². The van der Waals surface area contributed by atoms with Gasteiger partial charge in [0.05, 0.1) is 18.8 Å². The molecule has 0 radical (unpaired) electrons. The largest absolute Gasteiger partial charge is 0.472 e. The highest BCUT2D eigenvalue weighted by Gasteiger charge is 2.50. The van der Waals surface area contributed by atoms with Crippen molar-refractivity contribution in [1.29, 1.82) is 0 Å². The maximum Gasteiger partial charge on any atom is 0.472 e. The van der Waals surface area contributed by atoms with E-state index in [9.17, 15) is 29.9 Å². The normalized spacial score (nSPS) is 41.5. The monoisotopic (exact) mass is 328 g/mol. The summed E-state index contributed by atoms with van der Waals surface area (Å²) in [6.07, 6.45) is -6.86. The molecule has 1 saturated carbocycles. The average Bonchev–Trinajstić information content (AvgIpc) is 2.45. The molecule has 0 aromatic carbocycles. The van der Waals surface area contributed by atoms with E-state index in [4.69, 9.17) is 9.05 Å². The second kappa shape index (κ2) is 7.48. The maximum absolute atomic E-state index is 11.8. The van der Waals surface area contributed by atoms with Crippen LogP contribution in [0, 0.1) is 11.8 Å². The minimum atomic E-state index is -4.52. The van der Waals surface area contributed by atoms with Crippen LogP contribution < -0.4 is 0 Å². The van der Waals surface area contributed by atoms with Crippen molar-refractivity contribution >= 4 is 7.82 Å². The van der Waals surface area contributed by atoms with Crippen LogP contribution in [-0.2, 0) is 13.6 Å². The fraction of sp³-hybridized carbons (Fsp3) is 1.00. The summed E-state index contributed by atoms with van der Waals surface area (Å²) in [6, 6.07) is 0. The van der Waals surface area contributed by atoms with Crippen LogP contribution in [0.2, 0.25) is 0 Å². The van der Waals surface area contributed by atoms with E-state index < -0.39 is 44.3 Å². The third-order valence-electron chi connectivity index (χ3n) is 3.92. The Hall–Kier alpha value is -0.0500. The van der Waals surface area contributed by atoms with Gasteiger partial charge >= 0.3 is 7.82 Å². The Morgan fingerprint density at radius 1 is 1.10 bits per heavy atom. The molecule has 5 N–H and O–H groups in total. The molecule has 21 heavy (non-hydrogen) atoms. The summed E-state index contributed by atoms with van der Waals surface area (Å²) < 4.78 is 21.4. The molecule has 0 amide bonds. The topological polar surface area (TPSA) is 137 Å². The van der Waals surface area contributed by atoms with Crippen molar-refractivity contribution in [2.75, 3.05) is 6.61 Å². The number of aliphatic hydroxyl groups excluding tert-OH is 4. The van der Waals surface area contributed by atoms with Crippen LogP contribution in [-0.4, -0.2) is 62.4 Å². The number of aliphatic hydroxyl groups is 4. The van der Waals surface area contributed by atoms with Gasteiger partial charge in [-0.1, -0.05) is 27.2 Å². The van der Waals surface area contributed by atoms with Gasteiger partial charge in [-0.15, -0.1) is 0 Å². The van der Waals surface area contributed by atoms with Crippen molar-refractivity contribution in [2.24, 2.45) is 11.8 Å². The third-order valence-corrected chi connectivity index (χ3v) is 4.91. The fourth-order valence-electron chi connectivity index (χ4n) is 2.06. The van der Waals surface area contributed by atoms with Crippen LogP contribution in [0.15, 0.2) is 0 Å². The molecule has 0 spiro atoms. The Morgan fingerprint density at radius 3 is 2.00 bits per heavy atom. The second-order valence-corrected chi connectivity index (χ2v) is 7.08. The summed E-state index contributed by atoms with van der Waals surface area (Å²) in [5.74, 6) is -0.763. The van der Waals surface area contributed by atoms with E-state index >= 15 is 0 Å². The van der Waals surface area contributed by atoms with Crippen molar-refractivity contribution in [3.8, 4) is 0 Å².